The molecule has 2 N–H and O–H groups in total. The van der Waals surface area contributed by atoms with Gasteiger partial charge in [0.15, 0.2) is 0 Å². The van der Waals surface area contributed by atoms with E-state index in [9.17, 15) is 4.79 Å². The highest BCUT2D eigenvalue weighted by molar-refractivity contribution is 5.80. The summed E-state index contributed by atoms with van der Waals surface area (Å²) in [6.45, 7) is 6.28. The van der Waals surface area contributed by atoms with Crippen molar-refractivity contribution < 1.29 is 9.21 Å². The van der Waals surface area contributed by atoms with Crippen molar-refractivity contribution in [2.75, 3.05) is 6.54 Å². The highest BCUT2D eigenvalue weighted by atomic mass is 16.3. The van der Waals surface area contributed by atoms with Crippen LogP contribution in [0, 0.1) is 0 Å². The zero-order valence-corrected chi connectivity index (χ0v) is 14.8. The molecule has 0 aliphatic carbocycles. The Balaban J connectivity index is 1.51. The van der Waals surface area contributed by atoms with Gasteiger partial charge in [-0.2, -0.15) is 5.10 Å². The van der Waals surface area contributed by atoms with Crippen LogP contribution < -0.4 is 10.6 Å². The first-order chi connectivity index (χ1) is 12.0. The van der Waals surface area contributed by atoms with E-state index in [0.717, 1.165) is 16.7 Å². The summed E-state index contributed by atoms with van der Waals surface area (Å²) >= 11 is 0. The van der Waals surface area contributed by atoms with Crippen LogP contribution in [0.25, 0.3) is 11.0 Å². The SMILES string of the molecule is C[C@H](NC(=O)CN[C@H](C)[C@H](C)n1cccn1)c1cc2ccccc2o1. The fraction of sp³-hybridized carbons (Fsp3) is 0.368. The Morgan fingerprint density at radius 3 is 2.76 bits per heavy atom. The predicted molar refractivity (Wildman–Crippen MR) is 97.2 cm³/mol. The molecule has 132 valence electrons. The van der Waals surface area contributed by atoms with Crippen molar-refractivity contribution in [2.24, 2.45) is 0 Å². The summed E-state index contributed by atoms with van der Waals surface area (Å²) in [6, 6.07) is 11.8. The van der Waals surface area contributed by atoms with E-state index in [1.165, 1.54) is 0 Å². The number of carbonyl (C=O) groups excluding carboxylic acids is 1. The minimum absolute atomic E-state index is 0.0625. The van der Waals surface area contributed by atoms with Gasteiger partial charge in [-0.05, 0) is 39.0 Å². The molecule has 3 atom stereocenters. The Labute approximate surface area is 147 Å². The predicted octanol–water partition coefficient (Wildman–Crippen LogP) is 3.05. The lowest BCUT2D eigenvalue weighted by molar-refractivity contribution is -0.121. The summed E-state index contributed by atoms with van der Waals surface area (Å²) in [5, 5.41) is 11.5. The normalized spacial score (nSPS) is 15.0. The third-order valence-corrected chi connectivity index (χ3v) is 4.50. The van der Waals surface area contributed by atoms with Crippen molar-refractivity contribution in [3.63, 3.8) is 0 Å². The summed E-state index contributed by atoms with van der Waals surface area (Å²) in [5.41, 5.74) is 0.832. The number of hydrogen-bond donors (Lipinski definition) is 2. The van der Waals surface area contributed by atoms with Gasteiger partial charge in [0, 0.05) is 23.8 Å². The minimum Gasteiger partial charge on any atom is -0.459 e. The molecular weight excluding hydrogens is 316 g/mol. The molecule has 0 saturated carbocycles. The standard InChI is InChI=1S/C19H24N4O2/c1-13(15(3)23-10-6-9-21-23)20-12-19(24)22-14(2)18-11-16-7-4-5-8-17(16)25-18/h4-11,13-15,20H,12H2,1-3H3,(H,22,24)/t13-,14+,15+/m1/s1. The molecule has 0 radical (unpaired) electrons. The average Bonchev–Trinajstić information content (AvgIpc) is 3.28. The van der Waals surface area contributed by atoms with Crippen LogP contribution in [-0.4, -0.2) is 28.3 Å². The maximum atomic E-state index is 12.2. The molecule has 0 unspecified atom stereocenters. The van der Waals surface area contributed by atoms with Crippen LogP contribution in [0.15, 0.2) is 53.2 Å². The molecule has 3 rings (SSSR count). The van der Waals surface area contributed by atoms with Crippen LogP contribution in [0.5, 0.6) is 0 Å². The minimum atomic E-state index is -0.180. The molecule has 1 aromatic carbocycles. The Morgan fingerprint density at radius 2 is 2.04 bits per heavy atom. The number of rotatable bonds is 7. The second-order valence-electron chi connectivity index (χ2n) is 6.37. The van der Waals surface area contributed by atoms with Crippen molar-refractivity contribution in [1.82, 2.24) is 20.4 Å². The van der Waals surface area contributed by atoms with E-state index in [4.69, 9.17) is 4.42 Å². The highest BCUT2D eigenvalue weighted by Gasteiger charge is 2.17. The van der Waals surface area contributed by atoms with Gasteiger partial charge < -0.3 is 15.1 Å². The van der Waals surface area contributed by atoms with Gasteiger partial charge in [0.25, 0.3) is 0 Å². The maximum Gasteiger partial charge on any atom is 0.234 e. The topological polar surface area (TPSA) is 72.1 Å². The van der Waals surface area contributed by atoms with Crippen molar-refractivity contribution in [2.45, 2.75) is 38.9 Å². The summed E-state index contributed by atoms with van der Waals surface area (Å²) < 4.78 is 7.68. The van der Waals surface area contributed by atoms with E-state index in [1.54, 1.807) is 6.20 Å². The van der Waals surface area contributed by atoms with E-state index in [-0.39, 0.29) is 30.6 Å². The Bertz CT molecular complexity index is 792. The van der Waals surface area contributed by atoms with Crippen LogP contribution in [0.4, 0.5) is 0 Å². The van der Waals surface area contributed by atoms with E-state index >= 15 is 0 Å². The van der Waals surface area contributed by atoms with Crippen LogP contribution >= 0.6 is 0 Å². The zero-order chi connectivity index (χ0) is 17.8. The quantitative estimate of drug-likeness (QED) is 0.693. The molecule has 2 aromatic heterocycles. The average molecular weight is 340 g/mol. The molecule has 0 saturated heterocycles. The lowest BCUT2D eigenvalue weighted by Gasteiger charge is -2.22. The summed E-state index contributed by atoms with van der Waals surface area (Å²) in [5.74, 6) is 0.694. The van der Waals surface area contributed by atoms with Gasteiger partial charge in [0.1, 0.15) is 11.3 Å². The molecule has 0 spiro atoms. The van der Waals surface area contributed by atoms with Gasteiger partial charge in [-0.3, -0.25) is 9.48 Å². The van der Waals surface area contributed by atoms with E-state index in [0.29, 0.717) is 0 Å². The number of nitrogens with zero attached hydrogens (tertiary/aromatic N) is 2. The lowest BCUT2D eigenvalue weighted by Crippen LogP contribution is -2.41. The maximum absolute atomic E-state index is 12.2. The first kappa shape index (κ1) is 17.2. The fourth-order valence-electron chi connectivity index (χ4n) is 2.75. The van der Waals surface area contributed by atoms with Gasteiger partial charge in [-0.1, -0.05) is 18.2 Å². The van der Waals surface area contributed by atoms with Gasteiger partial charge in [-0.15, -0.1) is 0 Å². The largest absolute Gasteiger partial charge is 0.459 e. The molecule has 25 heavy (non-hydrogen) atoms. The number of fused-ring (bicyclic) bond motifs is 1. The summed E-state index contributed by atoms with van der Waals surface area (Å²) in [4.78, 5) is 12.2. The van der Waals surface area contributed by atoms with Crippen molar-refractivity contribution in [3.8, 4) is 0 Å². The van der Waals surface area contributed by atoms with Gasteiger partial charge >= 0.3 is 0 Å². The van der Waals surface area contributed by atoms with E-state index in [1.807, 2.05) is 61.1 Å². The first-order valence-corrected chi connectivity index (χ1v) is 8.55. The van der Waals surface area contributed by atoms with E-state index in [2.05, 4.69) is 22.7 Å². The smallest absolute Gasteiger partial charge is 0.234 e. The lowest BCUT2D eigenvalue weighted by atomic mass is 10.1. The van der Waals surface area contributed by atoms with Gasteiger partial charge in [0.05, 0.1) is 18.6 Å². The molecule has 2 heterocycles. The van der Waals surface area contributed by atoms with Crippen LogP contribution in [0.1, 0.15) is 38.6 Å². The Kier molecular flexibility index (Phi) is 5.19. The third-order valence-electron chi connectivity index (χ3n) is 4.50. The molecule has 0 aliphatic heterocycles. The van der Waals surface area contributed by atoms with Gasteiger partial charge in [0.2, 0.25) is 5.91 Å². The number of para-hydroxylation sites is 1. The number of furan rings is 1. The second-order valence-corrected chi connectivity index (χ2v) is 6.37. The summed E-state index contributed by atoms with van der Waals surface area (Å²) in [6.07, 6.45) is 3.68. The second kappa shape index (κ2) is 7.53. The number of amides is 1. The van der Waals surface area contributed by atoms with Crippen LogP contribution in [-0.2, 0) is 4.79 Å². The monoisotopic (exact) mass is 340 g/mol. The number of benzene rings is 1. The number of aromatic nitrogens is 2. The molecular formula is C19H24N4O2. The molecule has 0 bridgehead atoms. The molecule has 6 heteroatoms. The molecule has 1 amide bonds. The number of carbonyl (C=O) groups is 1. The first-order valence-electron chi connectivity index (χ1n) is 8.55. The van der Waals surface area contributed by atoms with Crippen LogP contribution in [0.2, 0.25) is 0 Å². The zero-order valence-electron chi connectivity index (χ0n) is 14.8. The van der Waals surface area contributed by atoms with Crippen LogP contribution in [0.3, 0.4) is 0 Å². The molecule has 0 fully saturated rings. The van der Waals surface area contributed by atoms with Gasteiger partial charge in [-0.25, -0.2) is 0 Å². The highest BCUT2D eigenvalue weighted by Crippen LogP contribution is 2.23. The fourth-order valence-corrected chi connectivity index (χ4v) is 2.75. The molecule has 6 nitrogen and oxygen atoms in total. The van der Waals surface area contributed by atoms with Crippen molar-refractivity contribution >= 4 is 16.9 Å². The Morgan fingerprint density at radius 1 is 1.24 bits per heavy atom. The van der Waals surface area contributed by atoms with E-state index < -0.39 is 0 Å². The number of nitrogens with one attached hydrogen (secondary N) is 2. The molecule has 0 aliphatic rings. The van der Waals surface area contributed by atoms with Crippen molar-refractivity contribution in [1.29, 1.82) is 0 Å². The molecule has 3 aromatic rings. The Hall–Kier alpha value is -2.60. The van der Waals surface area contributed by atoms with Crippen molar-refractivity contribution in [3.05, 3.63) is 54.6 Å². The number of hydrogen-bond acceptors (Lipinski definition) is 4. The summed E-state index contributed by atoms with van der Waals surface area (Å²) in [7, 11) is 0. The third kappa shape index (κ3) is 4.09.